The standard InChI is InChI=1S/C18H23N3OS/c1-13-8-10-21(11-9-13)18-19-17(22)16(23-18)12-14-4-6-15(7-5-14)20(2)3/h4-7,12-13H,8-11H2,1-3H3/b16-12-. The Morgan fingerprint density at radius 3 is 2.48 bits per heavy atom. The van der Waals surface area contributed by atoms with E-state index in [1.54, 1.807) is 0 Å². The van der Waals surface area contributed by atoms with Crippen LogP contribution in [0.5, 0.6) is 0 Å². The van der Waals surface area contributed by atoms with Crippen LogP contribution in [0.1, 0.15) is 25.3 Å². The maximum absolute atomic E-state index is 12.2. The molecule has 0 unspecified atom stereocenters. The lowest BCUT2D eigenvalue weighted by atomic mass is 10.00. The Bertz CT molecular complexity index is 641. The second-order valence-electron chi connectivity index (χ2n) is 6.47. The number of likely N-dealkylation sites (tertiary alicyclic amines) is 1. The largest absolute Gasteiger partial charge is 0.378 e. The number of nitrogens with zero attached hydrogens (tertiary/aromatic N) is 3. The van der Waals surface area contributed by atoms with E-state index in [4.69, 9.17) is 0 Å². The summed E-state index contributed by atoms with van der Waals surface area (Å²) in [5.41, 5.74) is 2.19. The molecule has 1 fully saturated rings. The predicted octanol–water partition coefficient (Wildman–Crippen LogP) is 3.45. The first-order chi connectivity index (χ1) is 11.0. The Hall–Kier alpha value is -1.75. The average molecular weight is 329 g/mol. The van der Waals surface area contributed by atoms with Gasteiger partial charge in [-0.3, -0.25) is 4.79 Å². The fourth-order valence-electron chi connectivity index (χ4n) is 2.75. The number of anilines is 1. The zero-order valence-corrected chi connectivity index (χ0v) is 14.8. The molecule has 5 heteroatoms. The summed E-state index contributed by atoms with van der Waals surface area (Å²) < 4.78 is 0. The highest BCUT2D eigenvalue weighted by Crippen LogP contribution is 2.32. The van der Waals surface area contributed by atoms with Crippen molar-refractivity contribution in [3.63, 3.8) is 0 Å². The van der Waals surface area contributed by atoms with Crippen LogP contribution >= 0.6 is 11.8 Å². The molecule has 0 N–H and O–H groups in total. The van der Waals surface area contributed by atoms with E-state index < -0.39 is 0 Å². The zero-order chi connectivity index (χ0) is 16.4. The molecule has 1 amide bonds. The van der Waals surface area contributed by atoms with E-state index in [1.807, 2.05) is 32.3 Å². The maximum Gasteiger partial charge on any atom is 0.286 e. The van der Waals surface area contributed by atoms with Crippen molar-refractivity contribution in [3.05, 3.63) is 34.7 Å². The number of hydrogen-bond donors (Lipinski definition) is 0. The number of amides is 1. The number of aliphatic imine (C=N–C) groups is 1. The third-order valence-electron chi connectivity index (χ3n) is 4.37. The molecule has 23 heavy (non-hydrogen) atoms. The average Bonchev–Trinajstić information content (AvgIpc) is 2.89. The van der Waals surface area contributed by atoms with Gasteiger partial charge in [-0.25, -0.2) is 0 Å². The van der Waals surface area contributed by atoms with E-state index in [-0.39, 0.29) is 5.91 Å². The Kier molecular flexibility index (Phi) is 4.76. The van der Waals surface area contributed by atoms with Crippen LogP contribution in [0.3, 0.4) is 0 Å². The number of amidine groups is 1. The smallest absolute Gasteiger partial charge is 0.286 e. The van der Waals surface area contributed by atoms with Gasteiger partial charge in [0.05, 0.1) is 4.91 Å². The SMILES string of the molecule is CC1CCN(C2=NC(=O)/C(=C/c3ccc(N(C)C)cc3)S2)CC1. The molecule has 0 atom stereocenters. The first kappa shape index (κ1) is 16.1. The molecule has 2 aliphatic rings. The molecule has 1 aromatic rings. The molecule has 0 spiro atoms. The van der Waals surface area contributed by atoms with Crippen molar-refractivity contribution in [2.75, 3.05) is 32.1 Å². The molecule has 4 nitrogen and oxygen atoms in total. The highest BCUT2D eigenvalue weighted by molar-refractivity contribution is 8.18. The van der Waals surface area contributed by atoms with Crippen LogP contribution < -0.4 is 4.90 Å². The molecule has 0 radical (unpaired) electrons. The minimum absolute atomic E-state index is 0.111. The van der Waals surface area contributed by atoms with Gasteiger partial charge in [0, 0.05) is 32.9 Å². The van der Waals surface area contributed by atoms with Gasteiger partial charge in [0.25, 0.3) is 5.91 Å². The van der Waals surface area contributed by atoms with Gasteiger partial charge < -0.3 is 9.80 Å². The number of carbonyl (C=O) groups is 1. The lowest BCUT2D eigenvalue weighted by Gasteiger charge is -2.30. The molecule has 1 saturated heterocycles. The van der Waals surface area contributed by atoms with Gasteiger partial charge in [-0.2, -0.15) is 4.99 Å². The predicted molar refractivity (Wildman–Crippen MR) is 98.8 cm³/mol. The van der Waals surface area contributed by atoms with Crippen molar-refractivity contribution in [2.24, 2.45) is 10.9 Å². The summed E-state index contributed by atoms with van der Waals surface area (Å²) >= 11 is 1.51. The Balaban J connectivity index is 1.69. The number of piperidine rings is 1. The third-order valence-corrected chi connectivity index (χ3v) is 5.42. The van der Waals surface area contributed by atoms with Crippen LogP contribution in [0, 0.1) is 5.92 Å². The summed E-state index contributed by atoms with van der Waals surface area (Å²) in [5, 5.41) is 0.873. The lowest BCUT2D eigenvalue weighted by Crippen LogP contribution is -2.35. The first-order valence-corrected chi connectivity index (χ1v) is 8.89. The maximum atomic E-state index is 12.2. The molecule has 2 aliphatic heterocycles. The van der Waals surface area contributed by atoms with E-state index in [9.17, 15) is 4.79 Å². The summed E-state index contributed by atoms with van der Waals surface area (Å²) in [5.74, 6) is 0.666. The number of benzene rings is 1. The summed E-state index contributed by atoms with van der Waals surface area (Å²) in [6, 6.07) is 8.20. The Morgan fingerprint density at radius 1 is 1.22 bits per heavy atom. The van der Waals surface area contributed by atoms with Crippen LogP contribution in [0.25, 0.3) is 6.08 Å². The number of thioether (sulfide) groups is 1. The molecular weight excluding hydrogens is 306 g/mol. The molecule has 3 rings (SSSR count). The van der Waals surface area contributed by atoms with E-state index >= 15 is 0 Å². The first-order valence-electron chi connectivity index (χ1n) is 8.08. The molecular formula is C18H23N3OS. The van der Waals surface area contributed by atoms with Gasteiger partial charge in [0.2, 0.25) is 0 Å². The third kappa shape index (κ3) is 3.78. The van der Waals surface area contributed by atoms with Crippen molar-refractivity contribution < 1.29 is 4.79 Å². The van der Waals surface area contributed by atoms with Crippen molar-refractivity contribution in [1.29, 1.82) is 0 Å². The second-order valence-corrected chi connectivity index (χ2v) is 7.47. The summed E-state index contributed by atoms with van der Waals surface area (Å²) in [6.45, 7) is 4.30. The molecule has 122 valence electrons. The minimum Gasteiger partial charge on any atom is -0.378 e. The Morgan fingerprint density at radius 2 is 1.87 bits per heavy atom. The molecule has 0 aliphatic carbocycles. The van der Waals surface area contributed by atoms with E-state index in [0.717, 1.165) is 40.3 Å². The van der Waals surface area contributed by atoms with Gasteiger partial charge in [-0.15, -0.1) is 0 Å². The summed E-state index contributed by atoms with van der Waals surface area (Å²) in [4.78, 5) is 21.4. The van der Waals surface area contributed by atoms with E-state index in [1.165, 1.54) is 24.6 Å². The monoisotopic (exact) mass is 329 g/mol. The van der Waals surface area contributed by atoms with E-state index in [2.05, 4.69) is 33.8 Å². The van der Waals surface area contributed by atoms with Crippen LogP contribution in [0.4, 0.5) is 5.69 Å². The molecule has 1 aromatic carbocycles. The fraction of sp³-hybridized carbons (Fsp3) is 0.444. The van der Waals surface area contributed by atoms with E-state index in [0.29, 0.717) is 0 Å². The molecule has 0 bridgehead atoms. The topological polar surface area (TPSA) is 35.9 Å². The minimum atomic E-state index is -0.111. The normalized spacial score (nSPS) is 21.0. The summed E-state index contributed by atoms with van der Waals surface area (Å²) in [7, 11) is 4.03. The zero-order valence-electron chi connectivity index (χ0n) is 14.0. The quantitative estimate of drug-likeness (QED) is 0.779. The Labute approximate surface area is 142 Å². The van der Waals surface area contributed by atoms with Crippen molar-refractivity contribution >= 4 is 34.6 Å². The van der Waals surface area contributed by atoms with Gasteiger partial charge >= 0.3 is 0 Å². The van der Waals surface area contributed by atoms with Crippen molar-refractivity contribution in [1.82, 2.24) is 4.90 Å². The van der Waals surface area contributed by atoms with Crippen LogP contribution in [-0.2, 0) is 4.79 Å². The highest BCUT2D eigenvalue weighted by atomic mass is 32.2. The van der Waals surface area contributed by atoms with Gasteiger partial charge in [-0.1, -0.05) is 19.1 Å². The van der Waals surface area contributed by atoms with Crippen molar-refractivity contribution in [3.8, 4) is 0 Å². The van der Waals surface area contributed by atoms with Crippen LogP contribution in [-0.4, -0.2) is 43.2 Å². The van der Waals surface area contributed by atoms with Gasteiger partial charge in [-0.05, 0) is 54.3 Å². The van der Waals surface area contributed by atoms with Gasteiger partial charge in [0.15, 0.2) is 5.17 Å². The highest BCUT2D eigenvalue weighted by Gasteiger charge is 2.28. The molecule has 2 heterocycles. The fourth-order valence-corrected chi connectivity index (χ4v) is 3.72. The molecule has 0 saturated carbocycles. The van der Waals surface area contributed by atoms with Gasteiger partial charge in [0.1, 0.15) is 0 Å². The number of carbonyl (C=O) groups excluding carboxylic acids is 1. The van der Waals surface area contributed by atoms with Crippen molar-refractivity contribution in [2.45, 2.75) is 19.8 Å². The number of rotatable bonds is 2. The van der Waals surface area contributed by atoms with Crippen LogP contribution in [0.15, 0.2) is 34.2 Å². The van der Waals surface area contributed by atoms with Crippen LogP contribution in [0.2, 0.25) is 0 Å². The second kappa shape index (κ2) is 6.79. The molecule has 0 aromatic heterocycles. The summed E-state index contributed by atoms with van der Waals surface area (Å²) in [6.07, 6.45) is 4.30. The number of hydrogen-bond acceptors (Lipinski definition) is 4. The lowest BCUT2D eigenvalue weighted by molar-refractivity contribution is -0.113.